The smallest absolute Gasteiger partial charge is 0.326 e. The maximum absolute atomic E-state index is 13.8. The van der Waals surface area contributed by atoms with Crippen molar-refractivity contribution in [1.29, 1.82) is 0 Å². The first kappa shape index (κ1) is 24.9. The van der Waals surface area contributed by atoms with E-state index in [2.05, 4.69) is 9.97 Å². The third kappa shape index (κ3) is 5.79. The summed E-state index contributed by atoms with van der Waals surface area (Å²) in [5.41, 5.74) is -1.15. The molecule has 0 aliphatic carbocycles. The molecule has 0 spiro atoms. The Kier molecular flexibility index (Phi) is 8.22. The molecule has 0 bridgehead atoms. The van der Waals surface area contributed by atoms with Gasteiger partial charge in [0.25, 0.3) is 5.56 Å². The molecular formula is C22H27N3O6S2. The lowest BCUT2D eigenvalue weighted by Crippen LogP contribution is -2.45. The average Bonchev–Trinajstić information content (AvgIpc) is 3.28. The first-order valence-corrected chi connectivity index (χ1v) is 13.1. The fourth-order valence-electron chi connectivity index (χ4n) is 3.56. The van der Waals surface area contributed by atoms with Crippen LogP contribution in [-0.4, -0.2) is 41.3 Å². The highest BCUT2D eigenvalue weighted by Gasteiger charge is 2.37. The minimum absolute atomic E-state index is 0.00434. The SMILES string of the molecule is CCCCCC(C(=O)OCC)N(Cc1cccs1)S(=O)(=O)c1ccc2[nH]c(=O)[nH]c(=O)c2c1. The lowest BCUT2D eigenvalue weighted by Gasteiger charge is -2.29. The highest BCUT2D eigenvalue weighted by molar-refractivity contribution is 7.89. The van der Waals surface area contributed by atoms with E-state index in [1.165, 1.54) is 29.5 Å². The summed E-state index contributed by atoms with van der Waals surface area (Å²) in [6, 6.07) is 6.52. The summed E-state index contributed by atoms with van der Waals surface area (Å²) in [5, 5.41) is 1.87. The van der Waals surface area contributed by atoms with Gasteiger partial charge in [0.05, 0.1) is 22.4 Å². The largest absolute Gasteiger partial charge is 0.465 e. The number of sulfonamides is 1. The monoisotopic (exact) mass is 493 g/mol. The van der Waals surface area contributed by atoms with Crippen LogP contribution in [0.2, 0.25) is 0 Å². The van der Waals surface area contributed by atoms with Crippen LogP contribution in [-0.2, 0) is 26.1 Å². The summed E-state index contributed by atoms with van der Waals surface area (Å²) < 4.78 is 34.0. The number of thiophene rings is 1. The Morgan fingerprint density at radius 3 is 2.61 bits per heavy atom. The number of fused-ring (bicyclic) bond motifs is 1. The van der Waals surface area contributed by atoms with Crippen LogP contribution in [0.25, 0.3) is 10.9 Å². The Bertz CT molecular complexity index is 1310. The molecule has 1 unspecified atom stereocenters. The average molecular weight is 494 g/mol. The first-order valence-electron chi connectivity index (χ1n) is 10.7. The zero-order chi connectivity index (χ0) is 24.0. The molecule has 178 valence electrons. The normalized spacial score (nSPS) is 12.8. The molecule has 0 fully saturated rings. The number of rotatable bonds is 11. The summed E-state index contributed by atoms with van der Waals surface area (Å²) in [4.78, 5) is 41.9. The van der Waals surface area contributed by atoms with E-state index < -0.39 is 33.3 Å². The van der Waals surface area contributed by atoms with Crippen molar-refractivity contribution in [3.05, 3.63) is 61.4 Å². The molecule has 3 rings (SSSR count). The quantitative estimate of drug-likeness (QED) is 0.312. The number of carbonyl (C=O) groups excluding carboxylic acids is 1. The number of H-pyrrole nitrogens is 2. The van der Waals surface area contributed by atoms with Gasteiger partial charge in [0.2, 0.25) is 10.0 Å². The molecule has 33 heavy (non-hydrogen) atoms. The van der Waals surface area contributed by atoms with Gasteiger partial charge < -0.3 is 9.72 Å². The summed E-state index contributed by atoms with van der Waals surface area (Å²) in [7, 11) is -4.20. The molecule has 11 heteroatoms. The molecular weight excluding hydrogens is 466 g/mol. The molecule has 1 atom stereocenters. The topological polar surface area (TPSA) is 129 Å². The number of esters is 1. The van der Waals surface area contributed by atoms with Gasteiger partial charge in [0, 0.05) is 11.4 Å². The van der Waals surface area contributed by atoms with Crippen LogP contribution < -0.4 is 11.2 Å². The van der Waals surface area contributed by atoms with Crippen LogP contribution >= 0.6 is 11.3 Å². The number of carbonyl (C=O) groups is 1. The molecule has 3 aromatic rings. The molecule has 0 saturated carbocycles. The summed E-state index contributed by atoms with van der Waals surface area (Å²) >= 11 is 1.39. The minimum atomic E-state index is -4.20. The van der Waals surface area contributed by atoms with Crippen molar-refractivity contribution < 1.29 is 17.9 Å². The van der Waals surface area contributed by atoms with Crippen LogP contribution in [0, 0.1) is 0 Å². The number of ether oxygens (including phenoxy) is 1. The van der Waals surface area contributed by atoms with Crippen LogP contribution in [0.3, 0.4) is 0 Å². The Labute approximate surface area is 195 Å². The predicted octanol–water partition coefficient (Wildman–Crippen LogP) is 2.98. The number of nitrogens with one attached hydrogen (secondary N) is 2. The van der Waals surface area contributed by atoms with E-state index in [1.807, 2.05) is 18.4 Å². The number of nitrogens with zero attached hydrogens (tertiary/aromatic N) is 1. The van der Waals surface area contributed by atoms with E-state index in [1.54, 1.807) is 13.0 Å². The van der Waals surface area contributed by atoms with Gasteiger partial charge in [-0.15, -0.1) is 11.3 Å². The first-order chi connectivity index (χ1) is 15.8. The Hall–Kier alpha value is -2.76. The number of hydrogen-bond donors (Lipinski definition) is 2. The van der Waals surface area contributed by atoms with Crippen molar-refractivity contribution >= 4 is 38.2 Å². The van der Waals surface area contributed by atoms with Gasteiger partial charge in [-0.05, 0) is 43.0 Å². The molecule has 2 aromatic heterocycles. The number of benzene rings is 1. The molecule has 1 aromatic carbocycles. The van der Waals surface area contributed by atoms with E-state index in [0.29, 0.717) is 12.8 Å². The molecule has 0 aliphatic heterocycles. The van der Waals surface area contributed by atoms with Gasteiger partial charge in [-0.3, -0.25) is 14.6 Å². The maximum Gasteiger partial charge on any atom is 0.326 e. The van der Waals surface area contributed by atoms with E-state index in [0.717, 1.165) is 22.0 Å². The Morgan fingerprint density at radius 1 is 1.15 bits per heavy atom. The molecule has 2 heterocycles. The molecule has 0 amide bonds. The fourth-order valence-corrected chi connectivity index (χ4v) is 5.96. The Morgan fingerprint density at radius 2 is 1.94 bits per heavy atom. The van der Waals surface area contributed by atoms with Gasteiger partial charge >= 0.3 is 11.7 Å². The summed E-state index contributed by atoms with van der Waals surface area (Å²) in [5.74, 6) is -0.600. The molecule has 9 nitrogen and oxygen atoms in total. The standard InChI is InChI=1S/C22H27N3O6S2/c1-3-5-6-9-19(21(27)31-4-2)25(14-15-8-7-12-32-15)33(29,30)16-10-11-18-17(13-16)20(26)24-22(28)23-18/h7-8,10-13,19H,3-6,9,14H2,1-2H3,(H2,23,24,26,28). The van der Waals surface area contributed by atoms with Crippen LogP contribution in [0.5, 0.6) is 0 Å². The van der Waals surface area contributed by atoms with Gasteiger partial charge in [-0.25, -0.2) is 13.2 Å². The lowest BCUT2D eigenvalue weighted by molar-refractivity contribution is -0.148. The molecule has 0 aliphatic rings. The highest BCUT2D eigenvalue weighted by atomic mass is 32.2. The number of hydrogen-bond acceptors (Lipinski definition) is 7. The second-order valence-electron chi connectivity index (χ2n) is 7.51. The van der Waals surface area contributed by atoms with Crippen molar-refractivity contribution in [3.63, 3.8) is 0 Å². The van der Waals surface area contributed by atoms with E-state index >= 15 is 0 Å². The summed E-state index contributed by atoms with van der Waals surface area (Å²) in [6.45, 7) is 3.83. The second-order valence-corrected chi connectivity index (χ2v) is 10.4. The number of aromatic nitrogens is 2. The van der Waals surface area contributed by atoms with Crippen molar-refractivity contribution in [2.45, 2.75) is 57.0 Å². The zero-order valence-electron chi connectivity index (χ0n) is 18.5. The summed E-state index contributed by atoms with van der Waals surface area (Å²) in [6.07, 6.45) is 2.74. The minimum Gasteiger partial charge on any atom is -0.465 e. The highest BCUT2D eigenvalue weighted by Crippen LogP contribution is 2.27. The Balaban J connectivity index is 2.11. The van der Waals surface area contributed by atoms with Crippen molar-refractivity contribution in [1.82, 2.24) is 14.3 Å². The third-order valence-corrected chi connectivity index (χ3v) is 7.91. The number of unbranched alkanes of at least 4 members (excludes halogenated alkanes) is 2. The second kappa shape index (κ2) is 10.9. The molecule has 0 radical (unpaired) electrons. The van der Waals surface area contributed by atoms with Crippen LogP contribution in [0.1, 0.15) is 44.4 Å². The van der Waals surface area contributed by atoms with Gasteiger partial charge in [0.1, 0.15) is 6.04 Å². The molecule has 0 saturated heterocycles. The van der Waals surface area contributed by atoms with Crippen molar-refractivity contribution in [2.75, 3.05) is 6.61 Å². The van der Waals surface area contributed by atoms with Crippen LogP contribution in [0.4, 0.5) is 0 Å². The van der Waals surface area contributed by atoms with Gasteiger partial charge in [-0.2, -0.15) is 4.31 Å². The third-order valence-electron chi connectivity index (χ3n) is 5.20. The van der Waals surface area contributed by atoms with E-state index in [9.17, 15) is 22.8 Å². The van der Waals surface area contributed by atoms with Crippen molar-refractivity contribution in [2.24, 2.45) is 0 Å². The van der Waals surface area contributed by atoms with Gasteiger partial charge in [-0.1, -0.05) is 32.3 Å². The van der Waals surface area contributed by atoms with E-state index in [-0.39, 0.29) is 29.0 Å². The predicted molar refractivity (Wildman–Crippen MR) is 127 cm³/mol. The fraction of sp³-hybridized carbons (Fsp3) is 0.409. The zero-order valence-corrected chi connectivity index (χ0v) is 20.1. The van der Waals surface area contributed by atoms with Gasteiger partial charge in [0.15, 0.2) is 0 Å². The maximum atomic E-state index is 13.8. The van der Waals surface area contributed by atoms with E-state index in [4.69, 9.17) is 4.74 Å². The number of aromatic amines is 2. The van der Waals surface area contributed by atoms with Crippen molar-refractivity contribution in [3.8, 4) is 0 Å². The van der Waals surface area contributed by atoms with Crippen LogP contribution in [0.15, 0.2) is 50.2 Å². The molecule has 2 N–H and O–H groups in total. The lowest BCUT2D eigenvalue weighted by atomic mass is 10.1.